The van der Waals surface area contributed by atoms with Gasteiger partial charge in [-0.25, -0.2) is 4.79 Å². The second-order valence-electron chi connectivity index (χ2n) is 18.6. The standard InChI is InChI=1S/C51H60N4O8/c1-51(2,3)53-47(58)44-24-23-36-14-7-8-18-43(36)54(44)30-41-27-45(37-21-19-33(31-56)20-22-37)63-49(62-41)40-17-10-16-39(26-40)38-15-9-13-35(25-38)29-55-46(57)28-42(48(55)59)52-50(60)61-32-34-11-5-4-6-12-34/h4-6,9-13,15-17,19-22,25-26,36,41-45,49,56H,7-8,14,18,23-24,27-32H2,1-3H3,(H,52,60)(H,53,58)/t36-,41+,42?,43-,44-,45-,49-/m1/s1. The molecule has 63 heavy (non-hydrogen) atoms. The van der Waals surface area contributed by atoms with Gasteiger partial charge < -0.3 is 30.0 Å². The number of hydrogen-bond acceptors (Lipinski definition) is 9. The summed E-state index contributed by atoms with van der Waals surface area (Å²) >= 11 is 0. The summed E-state index contributed by atoms with van der Waals surface area (Å²) < 4.78 is 19.0. The van der Waals surface area contributed by atoms with Crippen LogP contribution >= 0.6 is 0 Å². The molecule has 3 heterocycles. The van der Waals surface area contributed by atoms with Crippen molar-refractivity contribution in [2.24, 2.45) is 5.92 Å². The molecular weight excluding hydrogens is 797 g/mol. The third-order valence-electron chi connectivity index (χ3n) is 12.8. The quantitative estimate of drug-likeness (QED) is 0.121. The van der Waals surface area contributed by atoms with E-state index in [0.717, 1.165) is 64.6 Å². The smallest absolute Gasteiger partial charge is 0.408 e. The Bertz CT molecular complexity index is 2240. The predicted molar refractivity (Wildman–Crippen MR) is 237 cm³/mol. The Morgan fingerprint density at radius 1 is 0.794 bits per heavy atom. The zero-order chi connectivity index (χ0) is 44.1. The molecule has 12 heteroatoms. The number of alkyl carbamates (subject to hydrolysis) is 1. The van der Waals surface area contributed by atoms with Gasteiger partial charge in [-0.3, -0.25) is 24.2 Å². The number of amides is 4. The van der Waals surface area contributed by atoms with Crippen LogP contribution in [-0.4, -0.2) is 75.0 Å². The van der Waals surface area contributed by atoms with E-state index in [2.05, 4.69) is 21.6 Å². The van der Waals surface area contributed by atoms with Crippen molar-refractivity contribution in [3.63, 3.8) is 0 Å². The third-order valence-corrected chi connectivity index (χ3v) is 12.8. The Morgan fingerprint density at radius 3 is 2.29 bits per heavy atom. The molecule has 12 nitrogen and oxygen atoms in total. The van der Waals surface area contributed by atoms with Crippen LogP contribution in [0, 0.1) is 5.92 Å². The molecule has 0 spiro atoms. The van der Waals surface area contributed by atoms with Crippen molar-refractivity contribution in [2.75, 3.05) is 6.54 Å². The fourth-order valence-corrected chi connectivity index (χ4v) is 9.76. The van der Waals surface area contributed by atoms with Gasteiger partial charge in [0.05, 0.1) is 37.8 Å². The number of fused-ring (bicyclic) bond motifs is 1. The summed E-state index contributed by atoms with van der Waals surface area (Å²) in [5.41, 5.74) is 5.70. The molecule has 1 aliphatic carbocycles. The SMILES string of the molecule is CC(C)(C)NC(=O)[C@H]1CC[C@H]2CCCC[C@H]2N1C[C@@H]1C[C@H](c2ccc(CO)cc2)O[C@H](c2cccc(-c3cccc(CN4C(=O)CC(NC(=O)OCc5ccccc5)C4=O)c3)c2)O1. The lowest BCUT2D eigenvalue weighted by molar-refractivity contribution is -0.255. The number of carbonyl (C=O) groups excluding carboxylic acids is 4. The molecule has 4 amide bonds. The Balaban J connectivity index is 0.993. The second kappa shape index (κ2) is 19.6. The van der Waals surface area contributed by atoms with E-state index in [-0.39, 0.29) is 61.8 Å². The second-order valence-corrected chi connectivity index (χ2v) is 18.6. The zero-order valence-corrected chi connectivity index (χ0v) is 36.5. The number of aliphatic hydroxyl groups is 1. The number of ether oxygens (including phenoxy) is 3. The number of aliphatic hydroxyl groups excluding tert-OH is 1. The van der Waals surface area contributed by atoms with Crippen LogP contribution in [0.15, 0.2) is 103 Å². The summed E-state index contributed by atoms with van der Waals surface area (Å²) in [7, 11) is 0. The van der Waals surface area contributed by atoms with E-state index in [1.807, 2.05) is 118 Å². The summed E-state index contributed by atoms with van der Waals surface area (Å²) in [6.07, 6.45) is 5.02. The largest absolute Gasteiger partial charge is 0.445 e. The minimum atomic E-state index is -0.998. The number of nitrogens with one attached hydrogen (secondary N) is 2. The maximum atomic E-state index is 13.9. The Morgan fingerprint density at radius 2 is 1.52 bits per heavy atom. The van der Waals surface area contributed by atoms with Gasteiger partial charge in [0.25, 0.3) is 5.91 Å². The van der Waals surface area contributed by atoms with E-state index in [9.17, 15) is 24.3 Å². The van der Waals surface area contributed by atoms with Crippen LogP contribution in [0.1, 0.15) is 112 Å². The van der Waals surface area contributed by atoms with Gasteiger partial charge in [-0.1, -0.05) is 104 Å². The van der Waals surface area contributed by atoms with Crippen LogP contribution in [0.2, 0.25) is 0 Å². The number of likely N-dealkylation sites (tertiary alicyclic amines) is 2. The first-order chi connectivity index (χ1) is 30.4. The van der Waals surface area contributed by atoms with Crippen LogP contribution in [0.5, 0.6) is 0 Å². The number of nitrogens with zero attached hydrogens (tertiary/aromatic N) is 2. The van der Waals surface area contributed by atoms with Crippen molar-refractivity contribution < 1.29 is 38.5 Å². The molecule has 0 aromatic heterocycles. The summed E-state index contributed by atoms with van der Waals surface area (Å²) in [6.45, 7) is 6.77. The van der Waals surface area contributed by atoms with Gasteiger partial charge in [0.15, 0.2) is 6.29 Å². The maximum absolute atomic E-state index is 13.9. The van der Waals surface area contributed by atoms with Gasteiger partial charge in [-0.05, 0) is 97.9 Å². The van der Waals surface area contributed by atoms with E-state index in [0.29, 0.717) is 24.9 Å². The molecule has 4 aliphatic rings. The molecule has 3 aliphatic heterocycles. The number of imide groups is 1. The number of piperidine rings is 1. The van der Waals surface area contributed by atoms with E-state index in [1.165, 1.54) is 17.7 Å². The molecular formula is C51H60N4O8. The lowest BCUT2D eigenvalue weighted by atomic mass is 9.75. The fourth-order valence-electron chi connectivity index (χ4n) is 9.76. The fraction of sp³-hybridized carbons (Fsp3) is 0.451. The van der Waals surface area contributed by atoms with Crippen molar-refractivity contribution in [3.05, 3.63) is 131 Å². The van der Waals surface area contributed by atoms with Crippen molar-refractivity contribution in [2.45, 2.75) is 134 Å². The normalized spacial score (nSPS) is 25.3. The van der Waals surface area contributed by atoms with E-state index in [1.54, 1.807) is 0 Å². The van der Waals surface area contributed by atoms with Gasteiger partial charge >= 0.3 is 6.09 Å². The number of rotatable bonds is 12. The predicted octanol–water partition coefficient (Wildman–Crippen LogP) is 7.88. The first-order valence-corrected chi connectivity index (χ1v) is 22.5. The molecule has 0 bridgehead atoms. The molecule has 3 N–H and O–H groups in total. The highest BCUT2D eigenvalue weighted by molar-refractivity contribution is 6.06. The van der Waals surface area contributed by atoms with Gasteiger partial charge in [0, 0.05) is 30.1 Å². The van der Waals surface area contributed by atoms with E-state index < -0.39 is 24.3 Å². The van der Waals surface area contributed by atoms with Crippen molar-refractivity contribution in [3.8, 4) is 11.1 Å². The number of hydrogen-bond donors (Lipinski definition) is 3. The average Bonchev–Trinajstić information content (AvgIpc) is 3.55. The molecule has 8 rings (SSSR count). The molecule has 4 aromatic rings. The zero-order valence-electron chi connectivity index (χ0n) is 36.5. The van der Waals surface area contributed by atoms with Gasteiger partial charge in [0.1, 0.15) is 12.6 Å². The molecule has 7 atom stereocenters. The summed E-state index contributed by atoms with van der Waals surface area (Å²) in [5, 5.41) is 15.6. The topological polar surface area (TPSA) is 147 Å². The van der Waals surface area contributed by atoms with Gasteiger partial charge in [-0.15, -0.1) is 0 Å². The average molecular weight is 857 g/mol. The van der Waals surface area contributed by atoms with Crippen LogP contribution in [0.4, 0.5) is 4.79 Å². The minimum absolute atomic E-state index is 0.0436. The van der Waals surface area contributed by atoms with Crippen molar-refractivity contribution >= 4 is 23.8 Å². The molecule has 0 radical (unpaired) electrons. The molecule has 1 unspecified atom stereocenters. The van der Waals surface area contributed by atoms with Crippen LogP contribution in [0.25, 0.3) is 11.1 Å². The maximum Gasteiger partial charge on any atom is 0.408 e. The minimum Gasteiger partial charge on any atom is -0.445 e. The van der Waals surface area contributed by atoms with E-state index >= 15 is 0 Å². The van der Waals surface area contributed by atoms with Crippen LogP contribution in [0.3, 0.4) is 0 Å². The van der Waals surface area contributed by atoms with Crippen molar-refractivity contribution in [1.82, 2.24) is 20.4 Å². The third kappa shape index (κ3) is 10.9. The first-order valence-electron chi connectivity index (χ1n) is 22.5. The lowest BCUT2D eigenvalue weighted by Crippen LogP contribution is -2.61. The van der Waals surface area contributed by atoms with Gasteiger partial charge in [-0.2, -0.15) is 0 Å². The highest BCUT2D eigenvalue weighted by atomic mass is 16.7. The Kier molecular flexibility index (Phi) is 13.7. The Hall–Kier alpha value is -5.40. The number of benzene rings is 4. The summed E-state index contributed by atoms with van der Waals surface area (Å²) in [5.74, 6) is -0.200. The summed E-state index contributed by atoms with van der Waals surface area (Å²) in [6, 6.07) is 32.0. The highest BCUT2D eigenvalue weighted by Crippen LogP contribution is 2.42. The molecule has 1 saturated carbocycles. The highest BCUT2D eigenvalue weighted by Gasteiger charge is 2.44. The van der Waals surface area contributed by atoms with Gasteiger partial charge in [0.2, 0.25) is 11.8 Å². The van der Waals surface area contributed by atoms with E-state index in [4.69, 9.17) is 14.2 Å². The molecule has 4 fully saturated rings. The van der Waals surface area contributed by atoms with Crippen LogP contribution in [-0.2, 0) is 48.4 Å². The van der Waals surface area contributed by atoms with Crippen molar-refractivity contribution in [1.29, 1.82) is 0 Å². The first kappa shape index (κ1) is 44.2. The number of carbonyl (C=O) groups is 4. The monoisotopic (exact) mass is 856 g/mol. The molecule has 3 saturated heterocycles. The Labute approximate surface area is 370 Å². The molecule has 332 valence electrons. The van der Waals surface area contributed by atoms with Crippen LogP contribution < -0.4 is 10.6 Å². The molecule has 4 aromatic carbocycles. The summed E-state index contributed by atoms with van der Waals surface area (Å²) in [4.78, 5) is 56.5. The lowest BCUT2D eigenvalue weighted by Gasteiger charge is -2.50.